The lowest BCUT2D eigenvalue weighted by Crippen LogP contribution is -2.11. The first kappa shape index (κ1) is 19.7. The maximum atomic E-state index is 13.9. The molecule has 0 spiro atoms. The summed E-state index contributed by atoms with van der Waals surface area (Å²) in [6, 6.07) is 9.79. The number of sulfonamides is 1. The number of nitrogens with zero attached hydrogens (tertiary/aromatic N) is 2. The lowest BCUT2D eigenvalue weighted by atomic mass is 10.0. The standard InChI is InChI=1S/C20H19F2N3O3S/c1-20(2)17(11-4-7-14(8-5-11)29(23,26)27)18(20)19-24-16(28-25-19)9-12-3-6-13(21)10-15(12)22/h3-8,10,17-18H,9H2,1-2H3,(H2,23,26,27)/t17-,18+/m0/s1. The highest BCUT2D eigenvalue weighted by molar-refractivity contribution is 7.89. The normalized spacial score (nSPS) is 20.6. The number of nitrogens with two attached hydrogens (primary N) is 1. The average Bonchev–Trinajstić information content (AvgIpc) is 2.97. The van der Waals surface area contributed by atoms with Crippen LogP contribution in [0.3, 0.4) is 0 Å². The Balaban J connectivity index is 1.55. The molecule has 1 saturated carbocycles. The van der Waals surface area contributed by atoms with Gasteiger partial charge >= 0.3 is 0 Å². The minimum atomic E-state index is -3.75. The Morgan fingerprint density at radius 3 is 2.41 bits per heavy atom. The molecule has 1 aliphatic carbocycles. The minimum absolute atomic E-state index is 0.0293. The fourth-order valence-corrected chi connectivity index (χ4v) is 4.42. The molecule has 6 nitrogen and oxygen atoms in total. The quantitative estimate of drug-likeness (QED) is 0.682. The van der Waals surface area contributed by atoms with E-state index in [1.54, 1.807) is 12.1 Å². The summed E-state index contributed by atoms with van der Waals surface area (Å²) in [5, 5.41) is 9.20. The van der Waals surface area contributed by atoms with Gasteiger partial charge in [-0.2, -0.15) is 4.98 Å². The van der Waals surface area contributed by atoms with Crippen LogP contribution in [0.1, 0.15) is 48.5 Å². The van der Waals surface area contributed by atoms with Crippen LogP contribution in [0.25, 0.3) is 0 Å². The molecule has 2 N–H and O–H groups in total. The van der Waals surface area contributed by atoms with Gasteiger partial charge in [-0.15, -0.1) is 0 Å². The molecule has 0 aliphatic heterocycles. The first-order chi connectivity index (χ1) is 13.6. The molecular weight excluding hydrogens is 400 g/mol. The van der Waals surface area contributed by atoms with Crippen LogP contribution < -0.4 is 5.14 Å². The van der Waals surface area contributed by atoms with Crippen molar-refractivity contribution in [2.24, 2.45) is 10.6 Å². The van der Waals surface area contributed by atoms with E-state index in [1.165, 1.54) is 24.3 Å². The van der Waals surface area contributed by atoms with Gasteiger partial charge in [0.2, 0.25) is 15.9 Å². The van der Waals surface area contributed by atoms with Gasteiger partial charge < -0.3 is 4.52 Å². The topological polar surface area (TPSA) is 99.1 Å². The van der Waals surface area contributed by atoms with Gasteiger partial charge in [0.1, 0.15) is 11.6 Å². The van der Waals surface area contributed by atoms with E-state index in [-0.39, 0.29) is 40.0 Å². The van der Waals surface area contributed by atoms with Crippen molar-refractivity contribution < 1.29 is 21.7 Å². The van der Waals surface area contributed by atoms with Gasteiger partial charge in [0.15, 0.2) is 5.82 Å². The Bertz CT molecular complexity index is 1170. The number of hydrogen-bond donors (Lipinski definition) is 1. The van der Waals surface area contributed by atoms with Crippen LogP contribution in [0, 0.1) is 17.0 Å². The monoisotopic (exact) mass is 419 g/mol. The van der Waals surface area contributed by atoms with E-state index in [2.05, 4.69) is 24.0 Å². The summed E-state index contributed by atoms with van der Waals surface area (Å²) in [4.78, 5) is 4.46. The molecule has 9 heteroatoms. The number of benzene rings is 2. The van der Waals surface area contributed by atoms with Crippen LogP contribution in [-0.4, -0.2) is 18.6 Å². The molecule has 29 heavy (non-hydrogen) atoms. The van der Waals surface area contributed by atoms with Crippen LogP contribution in [0.2, 0.25) is 0 Å². The fourth-order valence-electron chi connectivity index (χ4n) is 3.90. The predicted molar refractivity (Wildman–Crippen MR) is 101 cm³/mol. The summed E-state index contributed by atoms with van der Waals surface area (Å²) in [7, 11) is -3.75. The van der Waals surface area contributed by atoms with Crippen molar-refractivity contribution in [1.29, 1.82) is 0 Å². The Morgan fingerprint density at radius 1 is 1.10 bits per heavy atom. The first-order valence-corrected chi connectivity index (χ1v) is 10.5. The van der Waals surface area contributed by atoms with Crippen molar-refractivity contribution in [3.8, 4) is 0 Å². The van der Waals surface area contributed by atoms with E-state index >= 15 is 0 Å². The van der Waals surface area contributed by atoms with Gasteiger partial charge in [-0.1, -0.05) is 37.2 Å². The van der Waals surface area contributed by atoms with E-state index in [0.29, 0.717) is 5.82 Å². The van der Waals surface area contributed by atoms with Gasteiger partial charge in [-0.3, -0.25) is 0 Å². The van der Waals surface area contributed by atoms with Crippen molar-refractivity contribution in [2.45, 2.75) is 37.0 Å². The Hall–Kier alpha value is -2.65. The number of primary sulfonamides is 1. The maximum absolute atomic E-state index is 13.9. The molecule has 2 aromatic carbocycles. The third kappa shape index (κ3) is 3.67. The third-order valence-electron chi connectivity index (χ3n) is 5.51. The molecule has 152 valence electrons. The number of aromatic nitrogens is 2. The van der Waals surface area contributed by atoms with Gasteiger partial charge in [0.05, 0.1) is 11.3 Å². The summed E-state index contributed by atoms with van der Waals surface area (Å²) in [6.07, 6.45) is 0.0694. The number of halogens is 2. The zero-order valence-corrected chi connectivity index (χ0v) is 16.6. The second-order valence-electron chi connectivity index (χ2n) is 7.85. The molecule has 2 atom stereocenters. The first-order valence-electron chi connectivity index (χ1n) is 8.96. The molecule has 0 saturated heterocycles. The van der Waals surface area contributed by atoms with Gasteiger partial charge in [-0.05, 0) is 34.7 Å². The van der Waals surface area contributed by atoms with Crippen molar-refractivity contribution in [3.63, 3.8) is 0 Å². The smallest absolute Gasteiger partial charge is 0.238 e. The van der Waals surface area contributed by atoms with E-state index in [9.17, 15) is 17.2 Å². The van der Waals surface area contributed by atoms with Crippen molar-refractivity contribution in [1.82, 2.24) is 10.1 Å². The summed E-state index contributed by atoms with van der Waals surface area (Å²) < 4.78 is 55.1. The van der Waals surface area contributed by atoms with Crippen LogP contribution >= 0.6 is 0 Å². The fraction of sp³-hybridized carbons (Fsp3) is 0.300. The van der Waals surface area contributed by atoms with Gasteiger partial charge in [-0.25, -0.2) is 22.3 Å². The highest BCUT2D eigenvalue weighted by Crippen LogP contribution is 2.69. The zero-order valence-electron chi connectivity index (χ0n) is 15.8. The highest BCUT2D eigenvalue weighted by atomic mass is 32.2. The molecule has 1 heterocycles. The second-order valence-corrected chi connectivity index (χ2v) is 9.41. The largest absolute Gasteiger partial charge is 0.339 e. The lowest BCUT2D eigenvalue weighted by Gasteiger charge is -2.04. The maximum Gasteiger partial charge on any atom is 0.238 e. The van der Waals surface area contributed by atoms with Crippen LogP contribution in [0.5, 0.6) is 0 Å². The molecule has 3 aromatic rings. The van der Waals surface area contributed by atoms with E-state index in [1.807, 2.05) is 0 Å². The molecule has 4 rings (SSSR count). The second kappa shape index (κ2) is 6.70. The summed E-state index contributed by atoms with van der Waals surface area (Å²) in [6.45, 7) is 4.12. The Kier molecular flexibility index (Phi) is 4.54. The zero-order chi connectivity index (χ0) is 21.0. The Morgan fingerprint density at radius 2 is 1.79 bits per heavy atom. The minimum Gasteiger partial charge on any atom is -0.339 e. The van der Waals surface area contributed by atoms with E-state index < -0.39 is 21.7 Å². The third-order valence-corrected chi connectivity index (χ3v) is 6.44. The molecule has 1 aliphatic rings. The molecule has 1 fully saturated rings. The summed E-state index contributed by atoms with van der Waals surface area (Å²) >= 11 is 0. The van der Waals surface area contributed by atoms with Crippen molar-refractivity contribution in [2.75, 3.05) is 0 Å². The van der Waals surface area contributed by atoms with E-state index in [4.69, 9.17) is 9.66 Å². The number of hydrogen-bond acceptors (Lipinski definition) is 5. The number of rotatable bonds is 5. The molecule has 0 radical (unpaired) electrons. The van der Waals surface area contributed by atoms with Crippen molar-refractivity contribution >= 4 is 10.0 Å². The SMILES string of the molecule is CC1(C)[C@@H](c2ccc(S(N)(=O)=O)cc2)[C@@H]1c1noc(Cc2ccc(F)cc2F)n1. The molecule has 0 amide bonds. The molecule has 0 bridgehead atoms. The van der Waals surface area contributed by atoms with Crippen molar-refractivity contribution in [3.05, 3.63) is 76.9 Å². The van der Waals surface area contributed by atoms with Crippen LogP contribution in [0.4, 0.5) is 8.78 Å². The predicted octanol–water partition coefficient (Wildman–Crippen LogP) is 3.49. The van der Waals surface area contributed by atoms with Gasteiger partial charge in [0, 0.05) is 17.9 Å². The average molecular weight is 419 g/mol. The van der Waals surface area contributed by atoms with Gasteiger partial charge in [0.25, 0.3) is 0 Å². The molecule has 0 unspecified atom stereocenters. The highest BCUT2D eigenvalue weighted by Gasteiger charge is 2.61. The lowest BCUT2D eigenvalue weighted by molar-refractivity contribution is 0.376. The molecular formula is C20H19F2N3O3S. The summed E-state index contributed by atoms with van der Waals surface area (Å²) in [5.41, 5.74) is 1.06. The summed E-state index contributed by atoms with van der Waals surface area (Å²) in [5.74, 6) is -0.508. The van der Waals surface area contributed by atoms with E-state index in [0.717, 1.165) is 11.6 Å². The Labute approximate surface area is 166 Å². The van der Waals surface area contributed by atoms with Crippen LogP contribution in [-0.2, 0) is 16.4 Å². The molecule has 1 aromatic heterocycles. The van der Waals surface area contributed by atoms with Crippen LogP contribution in [0.15, 0.2) is 51.9 Å².